The van der Waals surface area contributed by atoms with Gasteiger partial charge in [-0.05, 0) is 47.0 Å². The van der Waals surface area contributed by atoms with E-state index in [1.54, 1.807) is 24.3 Å². The zero-order chi connectivity index (χ0) is 21.8. The van der Waals surface area contributed by atoms with Gasteiger partial charge < -0.3 is 14.2 Å². The summed E-state index contributed by atoms with van der Waals surface area (Å²) in [6.45, 7) is 3.98. The van der Waals surface area contributed by atoms with Gasteiger partial charge in [0.25, 0.3) is 0 Å². The van der Waals surface area contributed by atoms with Crippen molar-refractivity contribution >= 4 is 39.8 Å². The van der Waals surface area contributed by atoms with Gasteiger partial charge in [-0.25, -0.2) is 4.68 Å². The van der Waals surface area contributed by atoms with Crippen molar-refractivity contribution in [2.75, 3.05) is 14.2 Å². The number of methoxy groups -OCH3 is 2. The van der Waals surface area contributed by atoms with Gasteiger partial charge in [0.1, 0.15) is 6.54 Å². The summed E-state index contributed by atoms with van der Waals surface area (Å²) in [4.78, 5) is 12.8. The van der Waals surface area contributed by atoms with Crippen LogP contribution in [0, 0.1) is 5.41 Å². The predicted molar refractivity (Wildman–Crippen MR) is 121 cm³/mol. The van der Waals surface area contributed by atoms with Gasteiger partial charge in [0.2, 0.25) is 11.5 Å². The molecule has 168 valence electrons. The lowest BCUT2D eigenvalue weighted by molar-refractivity contribution is 0.0965. The van der Waals surface area contributed by atoms with Crippen molar-refractivity contribution in [2.24, 2.45) is 0 Å². The molecule has 0 atom stereocenters. The molecule has 0 aliphatic heterocycles. The number of benzene rings is 1. The maximum Gasteiger partial charge on any atom is 0.242 e. The van der Waals surface area contributed by atoms with E-state index in [2.05, 4.69) is 26.1 Å². The number of nitrogens with one attached hydrogen (secondary N) is 1. The van der Waals surface area contributed by atoms with Gasteiger partial charge in [0, 0.05) is 11.6 Å². The topological polar surface area (TPSA) is 104 Å². The van der Waals surface area contributed by atoms with Crippen molar-refractivity contribution in [2.45, 2.75) is 39.3 Å². The van der Waals surface area contributed by atoms with Crippen molar-refractivity contribution < 1.29 is 19.0 Å². The Labute approximate surface area is 194 Å². The molecule has 0 saturated heterocycles. The lowest BCUT2D eigenvalue weighted by Crippen LogP contribution is -2.26. The molecular formula is C20H25BrClN5O4. The number of fused-ring (bicyclic) bond motifs is 1. The first-order chi connectivity index (χ1) is 14.4. The molecule has 31 heavy (non-hydrogen) atoms. The fourth-order valence-electron chi connectivity index (χ4n) is 3.02. The zero-order valence-electron chi connectivity index (χ0n) is 17.7. The fourth-order valence-corrected chi connectivity index (χ4v) is 3.62. The maximum atomic E-state index is 12.8. The van der Waals surface area contributed by atoms with Gasteiger partial charge in [-0.1, -0.05) is 13.8 Å². The monoisotopic (exact) mass is 513 g/mol. The molecule has 0 aliphatic rings. The molecule has 3 rings (SSSR count). The van der Waals surface area contributed by atoms with Crippen LogP contribution >= 0.6 is 28.3 Å². The van der Waals surface area contributed by atoms with Crippen molar-refractivity contribution in [1.29, 1.82) is 5.41 Å². The normalized spacial score (nSPS) is 10.8. The predicted octanol–water partition coefficient (Wildman–Crippen LogP) is 3.66. The van der Waals surface area contributed by atoms with E-state index in [1.165, 1.54) is 23.4 Å². The first-order valence-electron chi connectivity index (χ1n) is 9.54. The highest BCUT2D eigenvalue weighted by Crippen LogP contribution is 2.36. The molecule has 0 aliphatic carbocycles. The average molecular weight is 515 g/mol. The summed E-state index contributed by atoms with van der Waals surface area (Å²) in [5.74, 6) is 1.13. The van der Waals surface area contributed by atoms with Crippen molar-refractivity contribution in [1.82, 2.24) is 19.4 Å². The number of nitrogens with zero attached hydrogens (tertiary/aromatic N) is 4. The number of Topliss-reactive ketones (excluding diaryl/α,β-unsaturated/α-hetero) is 1. The second-order valence-electron chi connectivity index (χ2n) is 6.60. The molecular weight excluding hydrogens is 490 g/mol. The minimum Gasteiger partial charge on any atom is -0.493 e. The first-order valence-corrected chi connectivity index (χ1v) is 10.3. The Morgan fingerprint density at radius 1 is 1.16 bits per heavy atom. The molecule has 1 aromatic carbocycles. The van der Waals surface area contributed by atoms with Crippen LogP contribution in [0.25, 0.3) is 5.65 Å². The van der Waals surface area contributed by atoms with E-state index in [9.17, 15) is 4.79 Å². The molecule has 0 bridgehead atoms. The number of halogens is 2. The quantitative estimate of drug-likeness (QED) is 0.437. The molecule has 0 fully saturated rings. The zero-order valence-corrected chi connectivity index (χ0v) is 20.1. The second kappa shape index (κ2) is 10.6. The van der Waals surface area contributed by atoms with E-state index >= 15 is 0 Å². The van der Waals surface area contributed by atoms with E-state index < -0.39 is 0 Å². The first kappa shape index (κ1) is 24.7. The fraction of sp³-hybridized carbons (Fsp3) is 0.400. The van der Waals surface area contributed by atoms with Gasteiger partial charge >= 0.3 is 0 Å². The molecule has 0 saturated carbocycles. The van der Waals surface area contributed by atoms with Gasteiger partial charge in [-0.15, -0.1) is 22.6 Å². The lowest BCUT2D eigenvalue weighted by atomic mass is 10.1. The number of carbonyl (C=O) groups is 1. The van der Waals surface area contributed by atoms with Crippen LogP contribution in [0.2, 0.25) is 0 Å². The smallest absolute Gasteiger partial charge is 0.242 e. The van der Waals surface area contributed by atoms with Crippen LogP contribution in [0.1, 0.15) is 37.0 Å². The van der Waals surface area contributed by atoms with Gasteiger partial charge in [-0.3, -0.25) is 10.2 Å². The Bertz CT molecular complexity index is 1130. The summed E-state index contributed by atoms with van der Waals surface area (Å²) < 4.78 is 19.7. The van der Waals surface area contributed by atoms with Crippen LogP contribution in [-0.4, -0.2) is 45.5 Å². The summed E-state index contributed by atoms with van der Waals surface area (Å²) in [6.07, 6.45) is 1.79. The number of rotatable bonds is 9. The Morgan fingerprint density at radius 3 is 2.48 bits per heavy atom. The standard InChI is InChI=1S/C20H24BrN5O4.ClH/c1-5-13(6-2)30-18-8-7-17-23-25(20(22)26(17)24-18)11-15(27)12-9-14(21)19(29-4)16(10-12)28-3;/h7-10,13,22H,5-6,11H2,1-4H3;1H. The van der Waals surface area contributed by atoms with Crippen LogP contribution in [0.3, 0.4) is 0 Å². The van der Waals surface area contributed by atoms with Crippen LogP contribution in [0.15, 0.2) is 28.7 Å². The number of ether oxygens (including phenoxy) is 3. The summed E-state index contributed by atoms with van der Waals surface area (Å²) in [5.41, 5.74) is 0.847. The Hall–Kier alpha value is -2.59. The molecule has 2 heterocycles. The SMILES string of the molecule is CCC(CC)Oc1ccc2nn(CC(=O)c3cc(Br)c(OC)c(OC)c3)c(=N)n2n1.Cl. The third-order valence-corrected chi connectivity index (χ3v) is 5.29. The van der Waals surface area contributed by atoms with Crippen LogP contribution in [0.4, 0.5) is 0 Å². The minimum atomic E-state index is -0.230. The average Bonchev–Trinajstić information content (AvgIpc) is 3.06. The van der Waals surface area contributed by atoms with Crippen LogP contribution in [-0.2, 0) is 6.54 Å². The van der Waals surface area contributed by atoms with Crippen molar-refractivity contribution in [3.05, 3.63) is 39.9 Å². The number of carbonyl (C=O) groups excluding carboxylic acids is 1. The molecule has 0 radical (unpaired) electrons. The molecule has 0 amide bonds. The van der Waals surface area contributed by atoms with Gasteiger partial charge in [0.15, 0.2) is 22.9 Å². The highest BCUT2D eigenvalue weighted by Gasteiger charge is 2.17. The third-order valence-electron chi connectivity index (χ3n) is 4.71. The molecule has 9 nitrogen and oxygen atoms in total. The molecule has 11 heteroatoms. The summed E-state index contributed by atoms with van der Waals surface area (Å²) >= 11 is 3.39. The van der Waals surface area contributed by atoms with Crippen LogP contribution < -0.4 is 19.8 Å². The van der Waals surface area contributed by atoms with Gasteiger partial charge in [-0.2, -0.15) is 4.52 Å². The largest absolute Gasteiger partial charge is 0.493 e. The summed E-state index contributed by atoms with van der Waals surface area (Å²) in [5, 5.41) is 17.0. The van der Waals surface area contributed by atoms with Crippen LogP contribution in [0.5, 0.6) is 17.4 Å². The molecule has 0 unspecified atom stereocenters. The molecule has 3 aromatic rings. The number of ketones is 1. The van der Waals surface area contributed by atoms with Crippen molar-refractivity contribution in [3.63, 3.8) is 0 Å². The second-order valence-corrected chi connectivity index (χ2v) is 7.45. The third kappa shape index (κ3) is 5.19. The molecule has 2 aromatic heterocycles. The molecule has 1 N–H and O–H groups in total. The lowest BCUT2D eigenvalue weighted by Gasteiger charge is -2.14. The van der Waals surface area contributed by atoms with E-state index in [4.69, 9.17) is 19.6 Å². The highest BCUT2D eigenvalue weighted by molar-refractivity contribution is 9.10. The Balaban J connectivity index is 0.00000341. The number of hydrogen-bond donors (Lipinski definition) is 1. The Morgan fingerprint density at radius 2 is 1.87 bits per heavy atom. The summed E-state index contributed by atoms with van der Waals surface area (Å²) in [6, 6.07) is 6.70. The number of hydrogen-bond acceptors (Lipinski definition) is 7. The van der Waals surface area contributed by atoms with E-state index in [1.807, 2.05) is 13.8 Å². The summed E-state index contributed by atoms with van der Waals surface area (Å²) in [7, 11) is 3.03. The highest BCUT2D eigenvalue weighted by atomic mass is 79.9. The Kier molecular flexibility index (Phi) is 8.46. The molecule has 0 spiro atoms. The number of aromatic nitrogens is 4. The van der Waals surface area contributed by atoms with E-state index in [-0.39, 0.29) is 36.5 Å². The minimum absolute atomic E-state index is 0. The van der Waals surface area contributed by atoms with E-state index in [0.717, 1.165) is 12.8 Å². The van der Waals surface area contributed by atoms with Crippen molar-refractivity contribution in [3.8, 4) is 17.4 Å². The maximum absolute atomic E-state index is 12.8. The van der Waals surface area contributed by atoms with Gasteiger partial charge in [0.05, 0.1) is 24.8 Å². The van der Waals surface area contributed by atoms with E-state index in [0.29, 0.717) is 33.1 Å².